The van der Waals surface area contributed by atoms with Crippen molar-refractivity contribution in [1.82, 2.24) is 4.98 Å². The lowest BCUT2D eigenvalue weighted by molar-refractivity contribution is 0.422. The molecule has 0 bridgehead atoms. The highest BCUT2D eigenvalue weighted by Crippen LogP contribution is 2.22. The molecule has 0 amide bonds. The van der Waals surface area contributed by atoms with Crippen molar-refractivity contribution in [3.63, 3.8) is 0 Å². The molecule has 0 saturated heterocycles. The molecule has 3 heteroatoms. The number of nitrogens with zero attached hydrogens (tertiary/aromatic N) is 1. The number of hydrogen-bond donors (Lipinski definition) is 0. The largest absolute Gasteiger partial charge is 0.263 e. The van der Waals surface area contributed by atoms with E-state index in [1.54, 1.807) is 12.4 Å². The van der Waals surface area contributed by atoms with E-state index < -0.39 is 0 Å². The second kappa shape index (κ2) is 5.57. The van der Waals surface area contributed by atoms with Gasteiger partial charge in [0.2, 0.25) is 0 Å². The molecular formula is C11H15Cl2N. The summed E-state index contributed by atoms with van der Waals surface area (Å²) in [6.07, 6.45) is 4.39. The third-order valence-electron chi connectivity index (χ3n) is 2.48. The van der Waals surface area contributed by atoms with E-state index in [0.29, 0.717) is 17.7 Å². The highest BCUT2D eigenvalue weighted by Gasteiger charge is 2.14. The number of alkyl halides is 1. The summed E-state index contributed by atoms with van der Waals surface area (Å²) in [5.74, 6) is 1.74. The molecule has 0 aliphatic heterocycles. The number of pyridine rings is 1. The Morgan fingerprint density at radius 1 is 1.43 bits per heavy atom. The van der Waals surface area contributed by atoms with Crippen LogP contribution >= 0.6 is 23.2 Å². The first kappa shape index (κ1) is 11.8. The summed E-state index contributed by atoms with van der Waals surface area (Å²) in [6, 6.07) is 1.96. The van der Waals surface area contributed by atoms with Gasteiger partial charge in [-0.05, 0) is 29.9 Å². The lowest BCUT2D eigenvalue weighted by atomic mass is 9.91. The SMILES string of the molecule is CC(C)C(CCl)Cc1ccncc1Cl. The maximum Gasteiger partial charge on any atom is 0.0621 e. The van der Waals surface area contributed by atoms with Crippen LogP contribution in [-0.2, 0) is 6.42 Å². The fourth-order valence-electron chi connectivity index (χ4n) is 1.32. The van der Waals surface area contributed by atoms with Crippen molar-refractivity contribution in [3.05, 3.63) is 29.0 Å². The molecule has 0 aromatic carbocycles. The Hall–Kier alpha value is -0.270. The third-order valence-corrected chi connectivity index (χ3v) is 3.22. The van der Waals surface area contributed by atoms with E-state index in [1.165, 1.54) is 0 Å². The molecule has 0 saturated carbocycles. The smallest absolute Gasteiger partial charge is 0.0621 e. The molecule has 1 unspecified atom stereocenters. The zero-order valence-electron chi connectivity index (χ0n) is 8.50. The van der Waals surface area contributed by atoms with Crippen LogP contribution in [0.4, 0.5) is 0 Å². The molecule has 0 N–H and O–H groups in total. The Labute approximate surface area is 95.4 Å². The minimum absolute atomic E-state index is 0.483. The maximum atomic E-state index is 6.02. The van der Waals surface area contributed by atoms with E-state index in [1.807, 2.05) is 6.07 Å². The van der Waals surface area contributed by atoms with E-state index in [-0.39, 0.29) is 0 Å². The Balaban J connectivity index is 2.72. The molecule has 1 aromatic rings. The van der Waals surface area contributed by atoms with Gasteiger partial charge in [0.05, 0.1) is 5.02 Å². The van der Waals surface area contributed by atoms with Gasteiger partial charge in [0.15, 0.2) is 0 Å². The van der Waals surface area contributed by atoms with Gasteiger partial charge in [0, 0.05) is 18.3 Å². The molecular weight excluding hydrogens is 217 g/mol. The van der Waals surface area contributed by atoms with Crippen LogP contribution in [0.1, 0.15) is 19.4 Å². The molecule has 1 aromatic heterocycles. The highest BCUT2D eigenvalue weighted by molar-refractivity contribution is 6.31. The molecule has 0 spiro atoms. The zero-order valence-corrected chi connectivity index (χ0v) is 10.0. The van der Waals surface area contributed by atoms with E-state index in [2.05, 4.69) is 18.8 Å². The van der Waals surface area contributed by atoms with Crippen LogP contribution in [-0.4, -0.2) is 10.9 Å². The van der Waals surface area contributed by atoms with Crippen LogP contribution in [0, 0.1) is 11.8 Å². The van der Waals surface area contributed by atoms with Crippen LogP contribution in [0.5, 0.6) is 0 Å². The first-order chi connectivity index (χ1) is 6.65. The molecule has 1 heterocycles. The number of hydrogen-bond acceptors (Lipinski definition) is 1. The molecule has 0 fully saturated rings. The van der Waals surface area contributed by atoms with Crippen LogP contribution in [0.3, 0.4) is 0 Å². The molecule has 14 heavy (non-hydrogen) atoms. The number of halogens is 2. The van der Waals surface area contributed by atoms with Crippen molar-refractivity contribution < 1.29 is 0 Å². The van der Waals surface area contributed by atoms with Crippen LogP contribution in [0.25, 0.3) is 0 Å². The summed E-state index contributed by atoms with van der Waals surface area (Å²) < 4.78 is 0. The van der Waals surface area contributed by atoms with Crippen molar-refractivity contribution in [2.75, 3.05) is 5.88 Å². The average molecular weight is 232 g/mol. The topological polar surface area (TPSA) is 12.9 Å². The van der Waals surface area contributed by atoms with E-state index in [4.69, 9.17) is 23.2 Å². The van der Waals surface area contributed by atoms with Gasteiger partial charge in [-0.2, -0.15) is 0 Å². The van der Waals surface area contributed by atoms with Crippen molar-refractivity contribution in [3.8, 4) is 0 Å². The van der Waals surface area contributed by atoms with Crippen molar-refractivity contribution >= 4 is 23.2 Å². The molecule has 78 valence electrons. The second-order valence-electron chi connectivity index (χ2n) is 3.83. The Kier molecular flexibility index (Phi) is 4.70. The van der Waals surface area contributed by atoms with Gasteiger partial charge in [-0.15, -0.1) is 11.6 Å². The average Bonchev–Trinajstić information content (AvgIpc) is 2.16. The van der Waals surface area contributed by atoms with Crippen LogP contribution in [0.2, 0.25) is 5.02 Å². The fourth-order valence-corrected chi connectivity index (χ4v) is 1.98. The predicted octanol–water partition coefficient (Wildman–Crippen LogP) is 3.79. The summed E-state index contributed by atoms with van der Waals surface area (Å²) in [7, 11) is 0. The van der Waals surface area contributed by atoms with E-state index in [9.17, 15) is 0 Å². The first-order valence-electron chi connectivity index (χ1n) is 4.79. The van der Waals surface area contributed by atoms with Gasteiger partial charge in [0.1, 0.15) is 0 Å². The Morgan fingerprint density at radius 3 is 2.64 bits per heavy atom. The van der Waals surface area contributed by atoms with Gasteiger partial charge in [0.25, 0.3) is 0 Å². The summed E-state index contributed by atoms with van der Waals surface area (Å²) >= 11 is 11.9. The summed E-state index contributed by atoms with van der Waals surface area (Å²) in [5.41, 5.74) is 1.14. The molecule has 1 nitrogen and oxygen atoms in total. The standard InChI is InChI=1S/C11H15Cl2N/c1-8(2)10(6-12)5-9-3-4-14-7-11(9)13/h3-4,7-8,10H,5-6H2,1-2H3. The lowest BCUT2D eigenvalue weighted by Gasteiger charge is -2.18. The summed E-state index contributed by atoms with van der Waals surface area (Å²) in [4.78, 5) is 3.96. The van der Waals surface area contributed by atoms with Crippen molar-refractivity contribution in [1.29, 1.82) is 0 Å². The normalized spacial score (nSPS) is 13.2. The van der Waals surface area contributed by atoms with Crippen molar-refractivity contribution in [2.24, 2.45) is 11.8 Å². The van der Waals surface area contributed by atoms with Gasteiger partial charge >= 0.3 is 0 Å². The molecule has 1 rings (SSSR count). The van der Waals surface area contributed by atoms with Gasteiger partial charge in [-0.25, -0.2) is 0 Å². The lowest BCUT2D eigenvalue weighted by Crippen LogP contribution is -2.13. The predicted molar refractivity (Wildman–Crippen MR) is 62.0 cm³/mol. The molecule has 0 aliphatic rings. The fraction of sp³-hybridized carbons (Fsp3) is 0.545. The number of aromatic nitrogens is 1. The zero-order chi connectivity index (χ0) is 10.6. The minimum atomic E-state index is 0.483. The van der Waals surface area contributed by atoms with Crippen LogP contribution < -0.4 is 0 Å². The van der Waals surface area contributed by atoms with Gasteiger partial charge in [-0.1, -0.05) is 25.4 Å². The third kappa shape index (κ3) is 3.14. The van der Waals surface area contributed by atoms with Gasteiger partial charge < -0.3 is 0 Å². The quantitative estimate of drug-likeness (QED) is 0.719. The summed E-state index contributed by atoms with van der Waals surface area (Å²) in [5, 5.41) is 0.739. The van der Waals surface area contributed by atoms with Gasteiger partial charge in [-0.3, -0.25) is 4.98 Å². The molecule has 0 aliphatic carbocycles. The minimum Gasteiger partial charge on any atom is -0.263 e. The maximum absolute atomic E-state index is 6.02. The Bertz CT molecular complexity index is 286. The van der Waals surface area contributed by atoms with E-state index >= 15 is 0 Å². The number of rotatable bonds is 4. The second-order valence-corrected chi connectivity index (χ2v) is 4.55. The monoisotopic (exact) mass is 231 g/mol. The molecule has 0 radical (unpaired) electrons. The highest BCUT2D eigenvalue weighted by atomic mass is 35.5. The Morgan fingerprint density at radius 2 is 2.14 bits per heavy atom. The van der Waals surface area contributed by atoms with Crippen molar-refractivity contribution in [2.45, 2.75) is 20.3 Å². The first-order valence-corrected chi connectivity index (χ1v) is 5.70. The van der Waals surface area contributed by atoms with Crippen LogP contribution in [0.15, 0.2) is 18.5 Å². The van der Waals surface area contributed by atoms with E-state index in [0.717, 1.165) is 17.0 Å². The summed E-state index contributed by atoms with van der Waals surface area (Å²) in [6.45, 7) is 4.37. The molecule has 1 atom stereocenters.